The third-order valence-electron chi connectivity index (χ3n) is 3.03. The van der Waals surface area contributed by atoms with Crippen molar-refractivity contribution in [3.05, 3.63) is 0 Å². The summed E-state index contributed by atoms with van der Waals surface area (Å²) in [6, 6.07) is -0.374. The highest BCUT2D eigenvalue weighted by Gasteiger charge is 2.32. The molecule has 6 nitrogen and oxygen atoms in total. The monoisotopic (exact) mass is 257 g/mol. The maximum Gasteiger partial charge on any atom is 0.244 e. The van der Waals surface area contributed by atoms with Gasteiger partial charge in [-0.05, 0) is 13.5 Å². The van der Waals surface area contributed by atoms with Crippen LogP contribution in [0.3, 0.4) is 0 Å². The van der Waals surface area contributed by atoms with E-state index in [4.69, 9.17) is 4.74 Å². The van der Waals surface area contributed by atoms with E-state index in [1.54, 1.807) is 11.9 Å². The van der Waals surface area contributed by atoms with Gasteiger partial charge in [0.05, 0.1) is 13.2 Å². The molecule has 1 heterocycles. The van der Waals surface area contributed by atoms with E-state index in [0.29, 0.717) is 19.6 Å². The molecule has 18 heavy (non-hydrogen) atoms. The van der Waals surface area contributed by atoms with Crippen molar-refractivity contribution in [1.29, 1.82) is 0 Å². The molecule has 0 bridgehead atoms. The molecule has 2 unspecified atom stereocenters. The Labute approximate surface area is 108 Å². The molecule has 0 aromatic rings. The Kier molecular flexibility index (Phi) is 6.07. The molecule has 104 valence electrons. The van der Waals surface area contributed by atoms with E-state index >= 15 is 0 Å². The number of hydrogen-bond acceptors (Lipinski definition) is 4. The summed E-state index contributed by atoms with van der Waals surface area (Å²) in [5.74, 6) is -0.167. The number of rotatable bonds is 5. The minimum absolute atomic E-state index is 0.000324. The standard InChI is InChI=1S/C12H23N3O3/c1-4-14-9(2)7-11(16)15-5-6-18-8-10(15)12(17)13-3/h9-10,14H,4-8H2,1-3H3,(H,13,17). The van der Waals surface area contributed by atoms with E-state index in [0.717, 1.165) is 6.54 Å². The third kappa shape index (κ3) is 3.96. The van der Waals surface area contributed by atoms with Gasteiger partial charge in [-0.25, -0.2) is 0 Å². The van der Waals surface area contributed by atoms with E-state index in [2.05, 4.69) is 10.6 Å². The zero-order valence-electron chi connectivity index (χ0n) is 11.4. The zero-order valence-corrected chi connectivity index (χ0v) is 11.4. The molecule has 0 aromatic carbocycles. The number of amides is 2. The van der Waals surface area contributed by atoms with E-state index in [1.807, 2.05) is 13.8 Å². The number of nitrogens with one attached hydrogen (secondary N) is 2. The van der Waals surface area contributed by atoms with Gasteiger partial charge in [-0.15, -0.1) is 0 Å². The normalized spacial score (nSPS) is 21.5. The fraction of sp³-hybridized carbons (Fsp3) is 0.833. The van der Waals surface area contributed by atoms with Gasteiger partial charge < -0.3 is 20.3 Å². The van der Waals surface area contributed by atoms with Crippen LogP contribution in [0.4, 0.5) is 0 Å². The molecule has 0 radical (unpaired) electrons. The van der Waals surface area contributed by atoms with Gasteiger partial charge >= 0.3 is 0 Å². The van der Waals surface area contributed by atoms with Crippen molar-refractivity contribution < 1.29 is 14.3 Å². The average Bonchev–Trinajstić information content (AvgIpc) is 2.38. The lowest BCUT2D eigenvalue weighted by atomic mass is 10.1. The molecule has 1 rings (SSSR count). The van der Waals surface area contributed by atoms with E-state index < -0.39 is 6.04 Å². The second-order valence-corrected chi connectivity index (χ2v) is 4.45. The summed E-state index contributed by atoms with van der Waals surface area (Å²) < 4.78 is 5.27. The van der Waals surface area contributed by atoms with Crippen LogP contribution < -0.4 is 10.6 Å². The number of carbonyl (C=O) groups is 2. The van der Waals surface area contributed by atoms with Crippen LogP contribution in [0.5, 0.6) is 0 Å². The van der Waals surface area contributed by atoms with Crippen LogP contribution in [0.15, 0.2) is 0 Å². The van der Waals surface area contributed by atoms with Gasteiger partial charge in [0.1, 0.15) is 6.04 Å². The highest BCUT2D eigenvalue weighted by atomic mass is 16.5. The quantitative estimate of drug-likeness (QED) is 0.686. The number of carbonyl (C=O) groups excluding carboxylic acids is 2. The molecule has 1 aliphatic rings. The Morgan fingerprint density at radius 1 is 1.50 bits per heavy atom. The summed E-state index contributed by atoms with van der Waals surface area (Å²) in [5, 5.41) is 5.76. The summed E-state index contributed by atoms with van der Waals surface area (Å²) in [5.41, 5.74) is 0. The molecule has 0 saturated carbocycles. The van der Waals surface area contributed by atoms with Gasteiger partial charge in [-0.1, -0.05) is 6.92 Å². The van der Waals surface area contributed by atoms with Crippen molar-refractivity contribution in [1.82, 2.24) is 15.5 Å². The SMILES string of the molecule is CCNC(C)CC(=O)N1CCOCC1C(=O)NC. The first-order chi connectivity index (χ1) is 8.60. The number of likely N-dealkylation sites (N-methyl/N-ethyl adjacent to an activating group) is 1. The van der Waals surface area contributed by atoms with Gasteiger partial charge in [0, 0.05) is 26.1 Å². The number of morpholine rings is 1. The number of hydrogen-bond donors (Lipinski definition) is 2. The van der Waals surface area contributed by atoms with Crippen molar-refractivity contribution in [3.63, 3.8) is 0 Å². The van der Waals surface area contributed by atoms with E-state index in [-0.39, 0.29) is 24.5 Å². The highest BCUT2D eigenvalue weighted by molar-refractivity contribution is 5.88. The van der Waals surface area contributed by atoms with Crippen LogP contribution >= 0.6 is 0 Å². The lowest BCUT2D eigenvalue weighted by Gasteiger charge is -2.35. The minimum atomic E-state index is -0.495. The largest absolute Gasteiger partial charge is 0.377 e. The fourth-order valence-electron chi connectivity index (χ4n) is 2.09. The summed E-state index contributed by atoms with van der Waals surface area (Å²) >= 11 is 0. The van der Waals surface area contributed by atoms with Crippen LogP contribution in [-0.2, 0) is 14.3 Å². The molecule has 2 amide bonds. The first kappa shape index (κ1) is 14.9. The molecule has 0 aliphatic carbocycles. The van der Waals surface area contributed by atoms with Gasteiger partial charge in [0.25, 0.3) is 0 Å². The Morgan fingerprint density at radius 2 is 2.22 bits per heavy atom. The smallest absolute Gasteiger partial charge is 0.244 e. The first-order valence-electron chi connectivity index (χ1n) is 6.42. The van der Waals surface area contributed by atoms with Crippen LogP contribution in [-0.4, -0.2) is 62.1 Å². The maximum absolute atomic E-state index is 12.2. The zero-order chi connectivity index (χ0) is 13.5. The van der Waals surface area contributed by atoms with Gasteiger partial charge in [-0.2, -0.15) is 0 Å². The third-order valence-corrected chi connectivity index (χ3v) is 3.03. The molecule has 1 saturated heterocycles. The predicted octanol–water partition coefficient (Wildman–Crippen LogP) is -0.652. The molecule has 1 fully saturated rings. The second kappa shape index (κ2) is 7.33. The van der Waals surface area contributed by atoms with Crippen LogP contribution in [0.25, 0.3) is 0 Å². The Balaban J connectivity index is 2.59. The molecule has 0 spiro atoms. The molecular weight excluding hydrogens is 234 g/mol. The summed E-state index contributed by atoms with van der Waals surface area (Å²) in [6.45, 7) is 6.06. The predicted molar refractivity (Wildman–Crippen MR) is 68.1 cm³/mol. The van der Waals surface area contributed by atoms with Crippen LogP contribution in [0, 0.1) is 0 Å². The Hall–Kier alpha value is -1.14. The highest BCUT2D eigenvalue weighted by Crippen LogP contribution is 2.10. The number of ether oxygens (including phenoxy) is 1. The van der Waals surface area contributed by atoms with Crippen molar-refractivity contribution in [3.8, 4) is 0 Å². The van der Waals surface area contributed by atoms with Crippen LogP contribution in [0.1, 0.15) is 20.3 Å². The molecule has 0 aromatic heterocycles. The molecule has 2 N–H and O–H groups in total. The van der Waals surface area contributed by atoms with E-state index in [1.165, 1.54) is 0 Å². The minimum Gasteiger partial charge on any atom is -0.377 e. The second-order valence-electron chi connectivity index (χ2n) is 4.45. The van der Waals surface area contributed by atoms with Crippen molar-refractivity contribution in [2.45, 2.75) is 32.4 Å². The first-order valence-corrected chi connectivity index (χ1v) is 6.42. The molecule has 1 aliphatic heterocycles. The molecular formula is C12H23N3O3. The average molecular weight is 257 g/mol. The number of nitrogens with zero attached hydrogens (tertiary/aromatic N) is 1. The van der Waals surface area contributed by atoms with Gasteiger partial charge in [0.15, 0.2) is 0 Å². The fourth-order valence-corrected chi connectivity index (χ4v) is 2.09. The Morgan fingerprint density at radius 3 is 2.83 bits per heavy atom. The molecule has 6 heteroatoms. The summed E-state index contributed by atoms with van der Waals surface area (Å²) in [6.07, 6.45) is 0.404. The lowest BCUT2D eigenvalue weighted by Crippen LogP contribution is -2.56. The maximum atomic E-state index is 12.2. The summed E-state index contributed by atoms with van der Waals surface area (Å²) in [7, 11) is 1.57. The van der Waals surface area contributed by atoms with E-state index in [9.17, 15) is 9.59 Å². The van der Waals surface area contributed by atoms with Crippen molar-refractivity contribution in [2.75, 3.05) is 33.4 Å². The van der Waals surface area contributed by atoms with Gasteiger partial charge in [-0.3, -0.25) is 9.59 Å². The van der Waals surface area contributed by atoms with Gasteiger partial charge in [0.2, 0.25) is 11.8 Å². The molecule has 2 atom stereocenters. The van der Waals surface area contributed by atoms with Crippen LogP contribution in [0.2, 0.25) is 0 Å². The van der Waals surface area contributed by atoms with Crippen molar-refractivity contribution >= 4 is 11.8 Å². The summed E-state index contributed by atoms with van der Waals surface area (Å²) in [4.78, 5) is 25.5. The van der Waals surface area contributed by atoms with Crippen molar-refractivity contribution in [2.24, 2.45) is 0 Å². The topological polar surface area (TPSA) is 70.7 Å². The Bertz CT molecular complexity index is 296. The lowest BCUT2D eigenvalue weighted by molar-refractivity contribution is -0.148.